The van der Waals surface area contributed by atoms with Crippen LogP contribution in [0, 0.1) is 11.3 Å². The van der Waals surface area contributed by atoms with Crippen molar-refractivity contribution in [3.05, 3.63) is 94.0 Å². The molecule has 0 aliphatic carbocycles. The molecule has 4 rings (SSSR count). The highest BCUT2D eigenvalue weighted by Gasteiger charge is 2.33. The van der Waals surface area contributed by atoms with Crippen molar-refractivity contribution in [2.24, 2.45) is 4.99 Å². The number of benzene rings is 2. The van der Waals surface area contributed by atoms with Gasteiger partial charge in [-0.3, -0.25) is 9.36 Å². The maximum absolute atomic E-state index is 13.7. The summed E-state index contributed by atoms with van der Waals surface area (Å²) in [7, 11) is 0. The third kappa shape index (κ3) is 5.31. The number of aromatic nitrogens is 1. The molecule has 0 bridgehead atoms. The van der Waals surface area contributed by atoms with Crippen molar-refractivity contribution in [2.45, 2.75) is 32.9 Å². The predicted octanol–water partition coefficient (Wildman–Crippen LogP) is 4.51. The fourth-order valence-corrected chi connectivity index (χ4v) is 5.49. The first kappa shape index (κ1) is 25.9. The molecule has 36 heavy (non-hydrogen) atoms. The summed E-state index contributed by atoms with van der Waals surface area (Å²) in [4.78, 5) is 31.9. The largest absolute Gasteiger partial charge is 0.478 e. The predicted molar refractivity (Wildman–Crippen MR) is 142 cm³/mol. The van der Waals surface area contributed by atoms with Crippen molar-refractivity contribution < 1.29 is 14.3 Å². The molecule has 1 atom stereocenters. The maximum Gasteiger partial charge on any atom is 0.338 e. The zero-order valence-corrected chi connectivity index (χ0v) is 22.8. The van der Waals surface area contributed by atoms with Gasteiger partial charge in [0.25, 0.3) is 5.56 Å². The number of ether oxygens (including phenoxy) is 2. The number of hydrogen-bond donors (Lipinski definition) is 0. The number of carbonyl (C=O) groups is 1. The van der Waals surface area contributed by atoms with Gasteiger partial charge in [0, 0.05) is 5.02 Å². The summed E-state index contributed by atoms with van der Waals surface area (Å²) >= 11 is 10.8. The number of nitriles is 1. The zero-order valence-electron chi connectivity index (χ0n) is 19.6. The van der Waals surface area contributed by atoms with E-state index in [1.807, 2.05) is 6.07 Å². The summed E-state index contributed by atoms with van der Waals surface area (Å²) in [5.74, 6) is 0.0131. The van der Waals surface area contributed by atoms with Crippen molar-refractivity contribution in [1.82, 2.24) is 4.57 Å². The summed E-state index contributed by atoms with van der Waals surface area (Å²) in [6, 6.07) is 13.6. The topological polar surface area (TPSA) is 93.7 Å². The van der Waals surface area contributed by atoms with Crippen LogP contribution in [0.4, 0.5) is 0 Å². The Labute approximate surface area is 224 Å². The molecule has 7 nitrogen and oxygen atoms in total. The Morgan fingerprint density at radius 2 is 2.03 bits per heavy atom. The molecule has 10 heteroatoms. The van der Waals surface area contributed by atoms with Crippen LogP contribution < -0.4 is 19.6 Å². The molecule has 0 fully saturated rings. The van der Waals surface area contributed by atoms with Gasteiger partial charge in [-0.2, -0.15) is 5.26 Å². The highest BCUT2D eigenvalue weighted by molar-refractivity contribution is 9.10. The molecule has 1 aromatic heterocycles. The van der Waals surface area contributed by atoms with Crippen molar-refractivity contribution in [2.75, 3.05) is 6.61 Å². The normalized spacial score (nSPS) is 15.4. The van der Waals surface area contributed by atoms with Gasteiger partial charge in [0.1, 0.15) is 11.8 Å². The summed E-state index contributed by atoms with van der Waals surface area (Å²) in [5, 5.41) is 9.28. The average Bonchev–Trinajstić information content (AvgIpc) is 3.12. The molecule has 1 aliphatic heterocycles. The number of nitrogens with zero attached hydrogens (tertiary/aromatic N) is 3. The number of carbonyl (C=O) groups excluding carboxylic acids is 1. The highest BCUT2D eigenvalue weighted by Crippen LogP contribution is 2.31. The molecule has 184 valence electrons. The number of hydrogen-bond acceptors (Lipinski definition) is 7. The third-order valence-corrected chi connectivity index (χ3v) is 7.17. The number of thiazole rings is 1. The minimum Gasteiger partial charge on any atom is -0.478 e. The van der Waals surface area contributed by atoms with Crippen LogP contribution in [0.1, 0.15) is 37.9 Å². The third-order valence-electron chi connectivity index (χ3n) is 5.32. The van der Waals surface area contributed by atoms with Crippen molar-refractivity contribution >= 4 is 50.9 Å². The van der Waals surface area contributed by atoms with Gasteiger partial charge in [-0.15, -0.1) is 0 Å². The van der Waals surface area contributed by atoms with Crippen LogP contribution in [0.2, 0.25) is 5.02 Å². The summed E-state index contributed by atoms with van der Waals surface area (Å²) in [6.45, 7) is 5.22. The number of esters is 1. The SMILES string of the molecule is CC1=C(C(=O)OC(C)C)C(c2ccc(Cl)cc2)n2c(sc(=Cc3ccc(OCC#N)c(Br)c3)c2=O)=N1. The van der Waals surface area contributed by atoms with Crippen LogP contribution in [0.5, 0.6) is 5.75 Å². The van der Waals surface area contributed by atoms with E-state index in [-0.39, 0.29) is 18.3 Å². The minimum absolute atomic E-state index is 0.0673. The van der Waals surface area contributed by atoms with E-state index in [0.29, 0.717) is 35.8 Å². The zero-order chi connectivity index (χ0) is 26.0. The second-order valence-corrected chi connectivity index (χ2v) is 10.5. The van der Waals surface area contributed by atoms with Gasteiger partial charge < -0.3 is 9.47 Å². The Hall–Kier alpha value is -3.19. The van der Waals surface area contributed by atoms with Gasteiger partial charge in [0.05, 0.1) is 32.4 Å². The second-order valence-electron chi connectivity index (χ2n) is 8.22. The van der Waals surface area contributed by atoms with E-state index in [1.165, 1.54) is 15.9 Å². The Morgan fingerprint density at radius 3 is 2.67 bits per heavy atom. The van der Waals surface area contributed by atoms with E-state index in [4.69, 9.17) is 26.3 Å². The molecular formula is C26H21BrClN3O4S. The first-order valence-electron chi connectivity index (χ1n) is 11.0. The number of fused-ring (bicyclic) bond motifs is 1. The molecule has 2 aromatic carbocycles. The van der Waals surface area contributed by atoms with Crippen LogP contribution in [-0.4, -0.2) is 23.2 Å². The number of allylic oxidation sites excluding steroid dienone is 1. The lowest BCUT2D eigenvalue weighted by molar-refractivity contribution is -0.143. The van der Waals surface area contributed by atoms with Gasteiger partial charge in [-0.05, 0) is 78.2 Å². The van der Waals surface area contributed by atoms with Gasteiger partial charge in [-0.25, -0.2) is 9.79 Å². The lowest BCUT2D eigenvalue weighted by Gasteiger charge is -2.25. The van der Waals surface area contributed by atoms with E-state index in [9.17, 15) is 9.59 Å². The van der Waals surface area contributed by atoms with E-state index in [2.05, 4.69) is 20.9 Å². The van der Waals surface area contributed by atoms with Gasteiger partial charge in [-0.1, -0.05) is 41.1 Å². The van der Waals surface area contributed by atoms with Crippen LogP contribution in [0.25, 0.3) is 6.08 Å². The average molecular weight is 587 g/mol. The number of halogens is 2. The molecule has 0 saturated carbocycles. The highest BCUT2D eigenvalue weighted by atomic mass is 79.9. The molecule has 1 aliphatic rings. The standard InChI is InChI=1S/C26H21BrClN3O4S/c1-14(2)35-25(33)22-15(3)30-26-31(23(22)17-5-7-18(28)8-6-17)24(32)21(36-26)13-16-4-9-20(19(27)12-16)34-11-10-29/h4-9,12-14,23H,11H2,1-3H3. The smallest absolute Gasteiger partial charge is 0.338 e. The van der Waals surface area contributed by atoms with Crippen molar-refractivity contribution in [3.8, 4) is 11.8 Å². The molecular weight excluding hydrogens is 566 g/mol. The number of rotatable bonds is 6. The fourth-order valence-electron chi connectivity index (χ4n) is 3.81. The molecule has 0 amide bonds. The molecule has 2 heterocycles. The van der Waals surface area contributed by atoms with E-state index < -0.39 is 12.0 Å². The summed E-state index contributed by atoms with van der Waals surface area (Å²) in [5.41, 5.74) is 2.01. The Balaban J connectivity index is 1.86. The van der Waals surface area contributed by atoms with Crippen LogP contribution >= 0.6 is 38.9 Å². The van der Waals surface area contributed by atoms with Crippen LogP contribution in [0.15, 0.2) is 68.0 Å². The summed E-state index contributed by atoms with van der Waals surface area (Å²) < 4.78 is 13.5. The maximum atomic E-state index is 13.7. The van der Waals surface area contributed by atoms with E-state index >= 15 is 0 Å². The second kappa shape index (κ2) is 10.8. The van der Waals surface area contributed by atoms with Gasteiger partial charge in [0.15, 0.2) is 11.4 Å². The van der Waals surface area contributed by atoms with E-state index in [1.54, 1.807) is 69.3 Å². The lowest BCUT2D eigenvalue weighted by Crippen LogP contribution is -2.40. The molecule has 0 N–H and O–H groups in total. The quantitative estimate of drug-likeness (QED) is 0.397. The van der Waals surface area contributed by atoms with E-state index in [0.717, 1.165) is 11.1 Å². The van der Waals surface area contributed by atoms with Crippen molar-refractivity contribution in [3.63, 3.8) is 0 Å². The van der Waals surface area contributed by atoms with Crippen LogP contribution in [-0.2, 0) is 9.53 Å². The Kier molecular flexibility index (Phi) is 7.79. The van der Waals surface area contributed by atoms with Gasteiger partial charge >= 0.3 is 5.97 Å². The minimum atomic E-state index is -0.708. The van der Waals surface area contributed by atoms with Gasteiger partial charge in [0.2, 0.25) is 0 Å². The molecule has 3 aromatic rings. The summed E-state index contributed by atoms with van der Waals surface area (Å²) in [6.07, 6.45) is 1.43. The molecule has 1 unspecified atom stereocenters. The fraction of sp³-hybridized carbons (Fsp3) is 0.231. The first-order valence-corrected chi connectivity index (χ1v) is 13.0. The Bertz CT molecular complexity index is 1580. The van der Waals surface area contributed by atoms with Crippen molar-refractivity contribution in [1.29, 1.82) is 5.26 Å². The Morgan fingerprint density at radius 1 is 1.31 bits per heavy atom. The molecule has 0 radical (unpaired) electrons. The first-order chi connectivity index (χ1) is 17.2. The molecule has 0 spiro atoms. The lowest BCUT2D eigenvalue weighted by atomic mass is 9.96. The van der Waals surface area contributed by atoms with Crippen LogP contribution in [0.3, 0.4) is 0 Å². The molecule has 0 saturated heterocycles. The monoisotopic (exact) mass is 585 g/mol.